The van der Waals surface area contributed by atoms with Gasteiger partial charge in [0, 0.05) is 17.2 Å². The van der Waals surface area contributed by atoms with E-state index in [1.807, 2.05) is 24.0 Å². The molecule has 98 valence electrons. The van der Waals surface area contributed by atoms with Gasteiger partial charge in [0.05, 0.1) is 5.75 Å². The van der Waals surface area contributed by atoms with E-state index in [-0.39, 0.29) is 0 Å². The second kappa shape index (κ2) is 7.33. The highest BCUT2D eigenvalue weighted by Crippen LogP contribution is 1.73. The quantitative estimate of drug-likeness (QED) is 0.638. The van der Waals surface area contributed by atoms with Crippen molar-refractivity contribution in [3.05, 3.63) is 24.8 Å². The monoisotopic (exact) mass is 282 g/mol. The molecule has 1 aromatic heterocycles. The normalized spacial score (nSPS) is 12.2. The van der Waals surface area contributed by atoms with Crippen LogP contribution in [0, 0.1) is 0 Å². The standard InChI is InChI=1S/C7H12N2O2S.C2H6O2S/c1-3-12(10)11-9-6-4-8(2)5-7-9;1-5(2,3)4/h4-7H,3H2,1-2H3;1-2H3/q+2;. The highest BCUT2D eigenvalue weighted by Gasteiger charge is 2.07. The van der Waals surface area contributed by atoms with Gasteiger partial charge in [-0.15, -0.1) is 0 Å². The smallest absolute Gasteiger partial charge is 0.229 e. The SMILES string of the molecule is CCS(=O)O[n+]1cc[n+](C)cc1.CS(C)(=O)=O. The van der Waals surface area contributed by atoms with E-state index in [1.165, 1.54) is 4.73 Å². The second-order valence-electron chi connectivity index (χ2n) is 3.43. The molecule has 1 rings (SSSR count). The number of hydrogen-bond acceptors (Lipinski definition) is 4. The predicted octanol–water partition coefficient (Wildman–Crippen LogP) is -1.43. The molecule has 0 N–H and O–H groups in total. The van der Waals surface area contributed by atoms with Crippen LogP contribution in [0.1, 0.15) is 6.92 Å². The summed E-state index contributed by atoms with van der Waals surface area (Å²) in [5.74, 6) is 0.494. The Morgan fingerprint density at radius 3 is 1.94 bits per heavy atom. The van der Waals surface area contributed by atoms with Crippen LogP contribution in [-0.2, 0) is 28.0 Å². The van der Waals surface area contributed by atoms with Crippen molar-refractivity contribution in [2.45, 2.75) is 6.92 Å². The number of rotatable bonds is 3. The molecule has 0 aromatic carbocycles. The Balaban J connectivity index is 0.000000437. The summed E-state index contributed by atoms with van der Waals surface area (Å²) in [7, 11) is -0.763. The maximum atomic E-state index is 10.9. The maximum Gasteiger partial charge on any atom is 0.287 e. The average Bonchev–Trinajstić information content (AvgIpc) is 2.19. The van der Waals surface area contributed by atoms with Crippen LogP contribution in [0.4, 0.5) is 0 Å². The molecule has 0 saturated heterocycles. The molecule has 6 nitrogen and oxygen atoms in total. The summed E-state index contributed by atoms with van der Waals surface area (Å²) >= 11 is -1.23. The van der Waals surface area contributed by atoms with Crippen molar-refractivity contribution in [2.75, 3.05) is 18.3 Å². The minimum absolute atomic E-state index is 0.494. The van der Waals surface area contributed by atoms with Crippen molar-refractivity contribution < 1.29 is 26.2 Å². The summed E-state index contributed by atoms with van der Waals surface area (Å²) in [4.78, 5) is 0. The molecule has 0 radical (unpaired) electrons. The molecule has 1 atom stereocenters. The van der Waals surface area contributed by atoms with E-state index < -0.39 is 20.9 Å². The molecule has 0 amide bonds. The van der Waals surface area contributed by atoms with Crippen molar-refractivity contribution in [1.82, 2.24) is 0 Å². The van der Waals surface area contributed by atoms with E-state index >= 15 is 0 Å². The Bertz CT molecular complexity index is 448. The summed E-state index contributed by atoms with van der Waals surface area (Å²) in [5.41, 5.74) is 0. The molecule has 1 aromatic rings. The van der Waals surface area contributed by atoms with Crippen molar-refractivity contribution in [3.63, 3.8) is 0 Å². The lowest BCUT2D eigenvalue weighted by Gasteiger charge is -1.91. The van der Waals surface area contributed by atoms with Crippen molar-refractivity contribution >= 4 is 20.9 Å². The van der Waals surface area contributed by atoms with Gasteiger partial charge in [0.15, 0.2) is 0 Å². The minimum atomic E-state index is -2.67. The molecule has 1 heterocycles. The van der Waals surface area contributed by atoms with E-state index in [2.05, 4.69) is 0 Å². The van der Waals surface area contributed by atoms with E-state index in [0.29, 0.717) is 5.75 Å². The molecular formula is C9H18N2O4S2+2. The maximum absolute atomic E-state index is 10.9. The number of sulfone groups is 1. The van der Waals surface area contributed by atoms with E-state index in [0.717, 1.165) is 12.5 Å². The Kier molecular flexibility index (Phi) is 6.89. The molecule has 1 unspecified atom stereocenters. The van der Waals surface area contributed by atoms with Crippen LogP contribution in [0.2, 0.25) is 0 Å². The molecule has 0 aliphatic heterocycles. The first-order valence-corrected chi connectivity index (χ1v) is 8.35. The zero-order valence-electron chi connectivity index (χ0n) is 10.4. The fourth-order valence-electron chi connectivity index (χ4n) is 0.639. The molecule has 0 spiro atoms. The summed E-state index contributed by atoms with van der Waals surface area (Å²) in [6.07, 6.45) is 9.35. The number of aryl methyl sites for hydroxylation is 1. The third kappa shape index (κ3) is 11.2. The van der Waals surface area contributed by atoms with Crippen LogP contribution in [0.5, 0.6) is 0 Å². The number of nitrogens with zero attached hydrogens (tertiary/aromatic N) is 2. The number of hydrogen-bond donors (Lipinski definition) is 0. The van der Waals surface area contributed by atoms with Gasteiger partial charge in [0.2, 0.25) is 12.4 Å². The minimum Gasteiger partial charge on any atom is -0.229 e. The van der Waals surface area contributed by atoms with Gasteiger partial charge in [0.1, 0.15) is 16.9 Å². The lowest BCUT2D eigenvalue weighted by molar-refractivity contribution is -0.867. The van der Waals surface area contributed by atoms with E-state index in [1.54, 1.807) is 19.3 Å². The van der Waals surface area contributed by atoms with Gasteiger partial charge in [0.25, 0.3) is 23.5 Å². The van der Waals surface area contributed by atoms with Gasteiger partial charge in [-0.3, -0.25) is 0 Å². The Hall–Kier alpha value is -1.02. The fraction of sp³-hybridized carbons (Fsp3) is 0.556. The van der Waals surface area contributed by atoms with Gasteiger partial charge in [-0.05, 0) is 0 Å². The lowest BCUT2D eigenvalue weighted by atomic mass is 10.7. The Labute approximate surface area is 104 Å². The fourth-order valence-corrected chi connectivity index (χ4v) is 1.04. The van der Waals surface area contributed by atoms with Crippen molar-refractivity contribution in [3.8, 4) is 0 Å². The van der Waals surface area contributed by atoms with Gasteiger partial charge in [-0.25, -0.2) is 12.6 Å². The van der Waals surface area contributed by atoms with E-state index in [9.17, 15) is 12.6 Å². The molecule has 0 saturated carbocycles. The zero-order chi connectivity index (χ0) is 13.5. The number of aromatic nitrogens is 2. The van der Waals surface area contributed by atoms with Crippen molar-refractivity contribution in [2.24, 2.45) is 7.05 Å². The first kappa shape index (κ1) is 16.0. The summed E-state index contributed by atoms with van der Waals surface area (Å²) in [6.45, 7) is 1.81. The molecule has 0 fully saturated rings. The first-order chi connectivity index (χ1) is 7.72. The predicted molar refractivity (Wildman–Crippen MR) is 63.8 cm³/mol. The lowest BCUT2D eigenvalue weighted by Crippen LogP contribution is -2.46. The molecule has 0 bridgehead atoms. The third-order valence-electron chi connectivity index (χ3n) is 1.30. The molecular weight excluding hydrogens is 264 g/mol. The first-order valence-electron chi connectivity index (χ1n) is 4.81. The summed E-state index contributed by atoms with van der Waals surface area (Å²) in [6, 6.07) is 0. The molecule has 8 heteroatoms. The third-order valence-corrected chi connectivity index (χ3v) is 2.11. The van der Waals surface area contributed by atoms with Crippen LogP contribution in [0.3, 0.4) is 0 Å². The second-order valence-corrected chi connectivity index (χ2v) is 7.05. The highest BCUT2D eigenvalue weighted by atomic mass is 32.2. The molecule has 17 heavy (non-hydrogen) atoms. The van der Waals surface area contributed by atoms with Gasteiger partial charge in [-0.1, -0.05) is 6.92 Å². The van der Waals surface area contributed by atoms with Gasteiger partial charge < -0.3 is 0 Å². The van der Waals surface area contributed by atoms with Crippen LogP contribution >= 0.6 is 0 Å². The van der Waals surface area contributed by atoms with E-state index in [4.69, 9.17) is 4.28 Å². The molecule has 0 aliphatic carbocycles. The van der Waals surface area contributed by atoms with Crippen LogP contribution < -0.4 is 13.6 Å². The van der Waals surface area contributed by atoms with Crippen LogP contribution in [0.25, 0.3) is 0 Å². The zero-order valence-corrected chi connectivity index (χ0v) is 12.0. The Morgan fingerprint density at radius 1 is 1.18 bits per heavy atom. The Morgan fingerprint density at radius 2 is 1.59 bits per heavy atom. The molecule has 0 aliphatic rings. The summed E-state index contributed by atoms with van der Waals surface area (Å²) < 4.78 is 38.5. The van der Waals surface area contributed by atoms with Crippen molar-refractivity contribution in [1.29, 1.82) is 0 Å². The van der Waals surface area contributed by atoms with Crippen LogP contribution in [-0.4, -0.2) is 30.9 Å². The van der Waals surface area contributed by atoms with Gasteiger partial charge >= 0.3 is 0 Å². The highest BCUT2D eigenvalue weighted by molar-refractivity contribution is 7.89. The van der Waals surface area contributed by atoms with Crippen LogP contribution in [0.15, 0.2) is 24.8 Å². The van der Waals surface area contributed by atoms with Gasteiger partial charge in [-0.2, -0.15) is 8.85 Å². The average molecular weight is 282 g/mol. The topological polar surface area (TPSA) is 68.2 Å². The largest absolute Gasteiger partial charge is 0.287 e. The summed E-state index contributed by atoms with van der Waals surface area (Å²) in [5, 5.41) is 0.